The topological polar surface area (TPSA) is 41.5 Å². The van der Waals surface area contributed by atoms with Crippen LogP contribution in [0, 0.1) is 0 Å². The number of halogens is 1. The molecule has 1 amide bonds. The van der Waals surface area contributed by atoms with Crippen LogP contribution in [0.1, 0.15) is 44.1 Å². The number of aliphatic imine (C=N–C) groups is 1. The quantitative estimate of drug-likeness (QED) is 0.458. The van der Waals surface area contributed by atoms with Gasteiger partial charge in [0.15, 0.2) is 0 Å². The van der Waals surface area contributed by atoms with Crippen molar-refractivity contribution in [2.45, 2.75) is 32.2 Å². The van der Waals surface area contributed by atoms with Crippen molar-refractivity contribution in [3.63, 3.8) is 0 Å². The van der Waals surface area contributed by atoms with Gasteiger partial charge in [0.1, 0.15) is 5.00 Å². The Morgan fingerprint density at radius 2 is 1.93 bits per heavy atom. The van der Waals surface area contributed by atoms with E-state index < -0.39 is 0 Å². The van der Waals surface area contributed by atoms with Crippen molar-refractivity contribution in [3.8, 4) is 0 Å². The van der Waals surface area contributed by atoms with Gasteiger partial charge in [-0.15, -0.1) is 22.7 Å². The number of carbonyl (C=O) groups is 1. The second-order valence-electron chi connectivity index (χ2n) is 6.46. The molecule has 0 atom stereocenters. The molecule has 4 rings (SSSR count). The van der Waals surface area contributed by atoms with E-state index in [0.717, 1.165) is 44.1 Å². The van der Waals surface area contributed by atoms with Crippen LogP contribution in [0.25, 0.3) is 0 Å². The zero-order valence-electron chi connectivity index (χ0n) is 14.7. The molecule has 0 saturated heterocycles. The number of aryl methyl sites for hydroxylation is 1. The molecule has 0 aliphatic heterocycles. The summed E-state index contributed by atoms with van der Waals surface area (Å²) in [6, 6.07) is 14.1. The zero-order valence-corrected chi connectivity index (χ0v) is 17.9. The lowest BCUT2D eigenvalue weighted by molar-refractivity contribution is 0.0951. The van der Waals surface area contributed by atoms with E-state index in [9.17, 15) is 4.79 Å². The predicted octanol–water partition coefficient (Wildman–Crippen LogP) is 6.13. The molecule has 6 heteroatoms. The first-order valence-corrected chi connectivity index (χ1v) is 11.4. The number of carbonyl (C=O) groups excluding carboxylic acids is 1. The van der Waals surface area contributed by atoms with Gasteiger partial charge in [0.25, 0.3) is 5.91 Å². The van der Waals surface area contributed by atoms with Crippen LogP contribution < -0.4 is 5.32 Å². The lowest BCUT2D eigenvalue weighted by Crippen LogP contribution is -2.24. The first kappa shape index (κ1) is 18.6. The molecule has 1 aliphatic rings. The number of hydrogen-bond acceptors (Lipinski definition) is 4. The first-order chi connectivity index (χ1) is 13.2. The second kappa shape index (κ2) is 8.50. The average molecular weight is 459 g/mol. The molecule has 2 aromatic heterocycles. The van der Waals surface area contributed by atoms with Gasteiger partial charge >= 0.3 is 0 Å². The molecule has 0 radical (unpaired) electrons. The number of fused-ring (bicyclic) bond motifs is 1. The van der Waals surface area contributed by atoms with E-state index in [2.05, 4.69) is 21.2 Å². The third kappa shape index (κ3) is 4.39. The largest absolute Gasteiger partial charge is 0.348 e. The van der Waals surface area contributed by atoms with Crippen molar-refractivity contribution in [1.29, 1.82) is 0 Å². The van der Waals surface area contributed by atoms with E-state index in [-0.39, 0.29) is 5.91 Å². The maximum atomic E-state index is 13.0. The minimum atomic E-state index is -0.0160. The fourth-order valence-electron chi connectivity index (χ4n) is 3.26. The molecule has 3 nitrogen and oxygen atoms in total. The molecule has 0 bridgehead atoms. The highest BCUT2D eigenvalue weighted by Crippen LogP contribution is 2.40. The highest BCUT2D eigenvalue weighted by atomic mass is 79.9. The Balaban J connectivity index is 1.60. The van der Waals surface area contributed by atoms with Gasteiger partial charge < -0.3 is 5.32 Å². The van der Waals surface area contributed by atoms with E-state index in [0.29, 0.717) is 6.54 Å². The highest BCUT2D eigenvalue weighted by molar-refractivity contribution is 9.11. The summed E-state index contributed by atoms with van der Waals surface area (Å²) in [6.07, 6.45) is 6.23. The highest BCUT2D eigenvalue weighted by Gasteiger charge is 2.25. The summed E-state index contributed by atoms with van der Waals surface area (Å²) in [7, 11) is 0. The van der Waals surface area contributed by atoms with E-state index >= 15 is 0 Å². The number of nitrogens with one attached hydrogen (secondary N) is 1. The smallest absolute Gasteiger partial charge is 0.254 e. The Labute approximate surface area is 175 Å². The summed E-state index contributed by atoms with van der Waals surface area (Å²) in [6.45, 7) is 0.533. The van der Waals surface area contributed by atoms with Gasteiger partial charge in [-0.3, -0.25) is 4.79 Å². The van der Waals surface area contributed by atoms with Gasteiger partial charge in [0.2, 0.25) is 0 Å². The molecule has 0 saturated carbocycles. The zero-order chi connectivity index (χ0) is 18.6. The van der Waals surface area contributed by atoms with Crippen LogP contribution in [0.4, 0.5) is 5.00 Å². The lowest BCUT2D eigenvalue weighted by Gasteiger charge is -2.12. The van der Waals surface area contributed by atoms with E-state index in [1.54, 1.807) is 22.7 Å². The van der Waals surface area contributed by atoms with Crippen LogP contribution in [-0.4, -0.2) is 12.1 Å². The van der Waals surface area contributed by atoms with Crippen LogP contribution in [0.3, 0.4) is 0 Å². The number of benzene rings is 1. The lowest BCUT2D eigenvalue weighted by atomic mass is 9.95. The number of nitrogens with zero attached hydrogens (tertiary/aromatic N) is 1. The molecular weight excluding hydrogens is 440 g/mol. The SMILES string of the molecule is O=C(NCc1ccccc1)c1c(N=Cc2ccc(Br)s2)sc2c1CCCC2. The summed E-state index contributed by atoms with van der Waals surface area (Å²) in [5.74, 6) is -0.0160. The van der Waals surface area contributed by atoms with E-state index in [1.807, 2.05) is 48.7 Å². The molecule has 138 valence electrons. The Morgan fingerprint density at radius 3 is 2.70 bits per heavy atom. The molecule has 0 spiro atoms. The summed E-state index contributed by atoms with van der Waals surface area (Å²) in [5, 5.41) is 3.91. The van der Waals surface area contributed by atoms with Gasteiger partial charge in [-0.25, -0.2) is 4.99 Å². The monoisotopic (exact) mass is 458 g/mol. The third-order valence-corrected chi connectivity index (χ3v) is 7.34. The Hall–Kier alpha value is -1.76. The molecular formula is C21H19BrN2OS2. The fraction of sp³-hybridized carbons (Fsp3) is 0.238. The predicted molar refractivity (Wildman–Crippen MR) is 118 cm³/mol. The van der Waals surface area contributed by atoms with Crippen molar-refractivity contribution >= 4 is 55.7 Å². The molecule has 1 N–H and O–H groups in total. The fourth-order valence-corrected chi connectivity index (χ4v) is 5.79. The molecule has 1 aromatic carbocycles. The summed E-state index contributed by atoms with van der Waals surface area (Å²) < 4.78 is 1.08. The number of amides is 1. The van der Waals surface area contributed by atoms with Crippen molar-refractivity contribution in [3.05, 3.63) is 72.7 Å². The third-order valence-electron chi connectivity index (χ3n) is 4.58. The van der Waals surface area contributed by atoms with Gasteiger partial charge in [-0.2, -0.15) is 0 Å². The Kier molecular flexibility index (Phi) is 5.86. The summed E-state index contributed by atoms with van der Waals surface area (Å²) in [5.41, 5.74) is 3.08. The molecule has 27 heavy (non-hydrogen) atoms. The minimum Gasteiger partial charge on any atom is -0.348 e. The van der Waals surface area contributed by atoms with Gasteiger partial charge in [-0.1, -0.05) is 30.3 Å². The molecule has 0 unspecified atom stereocenters. The van der Waals surface area contributed by atoms with Crippen LogP contribution in [-0.2, 0) is 19.4 Å². The van der Waals surface area contributed by atoms with Gasteiger partial charge in [0.05, 0.1) is 9.35 Å². The number of rotatable bonds is 5. The van der Waals surface area contributed by atoms with Crippen molar-refractivity contribution in [1.82, 2.24) is 5.32 Å². The Morgan fingerprint density at radius 1 is 1.11 bits per heavy atom. The molecule has 1 aliphatic carbocycles. The van der Waals surface area contributed by atoms with Crippen molar-refractivity contribution in [2.24, 2.45) is 4.99 Å². The standard InChI is InChI=1S/C21H19BrN2OS2/c22-18-11-10-15(26-18)13-24-21-19(16-8-4-5-9-17(16)27-21)20(25)23-12-14-6-2-1-3-7-14/h1-3,6-7,10-11,13H,4-5,8-9,12H2,(H,23,25). The normalized spacial score (nSPS) is 13.7. The first-order valence-electron chi connectivity index (χ1n) is 8.97. The number of thiophene rings is 2. The van der Waals surface area contributed by atoms with Gasteiger partial charge in [0, 0.05) is 22.5 Å². The van der Waals surface area contributed by atoms with Gasteiger partial charge in [-0.05, 0) is 64.9 Å². The van der Waals surface area contributed by atoms with Crippen LogP contribution in [0.15, 0.2) is 51.2 Å². The summed E-state index contributed by atoms with van der Waals surface area (Å²) in [4.78, 5) is 20.1. The van der Waals surface area contributed by atoms with E-state index in [4.69, 9.17) is 4.99 Å². The average Bonchev–Trinajstić information content (AvgIpc) is 3.28. The van der Waals surface area contributed by atoms with E-state index in [1.165, 1.54) is 16.9 Å². The molecule has 2 heterocycles. The molecule has 3 aromatic rings. The van der Waals surface area contributed by atoms with Crippen LogP contribution in [0.5, 0.6) is 0 Å². The van der Waals surface area contributed by atoms with Crippen LogP contribution >= 0.6 is 38.6 Å². The van der Waals surface area contributed by atoms with Crippen molar-refractivity contribution < 1.29 is 4.79 Å². The molecule has 0 fully saturated rings. The maximum Gasteiger partial charge on any atom is 0.254 e. The second-order valence-corrected chi connectivity index (χ2v) is 10.0. The maximum absolute atomic E-state index is 13.0. The van der Waals surface area contributed by atoms with Crippen LogP contribution in [0.2, 0.25) is 0 Å². The summed E-state index contributed by atoms with van der Waals surface area (Å²) >= 11 is 6.79. The minimum absolute atomic E-state index is 0.0160. The van der Waals surface area contributed by atoms with Crippen molar-refractivity contribution in [2.75, 3.05) is 0 Å². The Bertz CT molecular complexity index is 975. The number of hydrogen-bond donors (Lipinski definition) is 1.